The summed E-state index contributed by atoms with van der Waals surface area (Å²) in [4.78, 5) is 5.26. The smallest absolute Gasteiger partial charge is 0.189 e. The van der Waals surface area contributed by atoms with Crippen molar-refractivity contribution in [3.63, 3.8) is 0 Å². The van der Waals surface area contributed by atoms with Gasteiger partial charge in [0, 0.05) is 49.4 Å². The van der Waals surface area contributed by atoms with E-state index >= 15 is 0 Å². The average molecular weight is 1530 g/mol. The molecule has 1 aliphatic heterocycles. The average Bonchev–Trinajstić information content (AvgIpc) is 1.55. The first-order valence-electron chi connectivity index (χ1n) is 37.0. The minimum absolute atomic E-state index is 0. The Balaban J connectivity index is 0.000000594. The number of aryl methyl sites for hydroxylation is 12. The number of fused-ring (bicyclic) bond motifs is 1. The lowest BCUT2D eigenvalue weighted by molar-refractivity contribution is 0.0593. The molecule has 10 aromatic carbocycles. The molecule has 108 heavy (non-hydrogen) atoms. The zero-order chi connectivity index (χ0) is 79.7. The van der Waals surface area contributed by atoms with E-state index in [9.17, 15) is 4.21 Å². The highest BCUT2D eigenvalue weighted by Crippen LogP contribution is 2.27. The maximum absolute atomic E-state index is 11.4. The molecule has 10 aromatic rings. The van der Waals surface area contributed by atoms with Crippen molar-refractivity contribution in [2.45, 2.75) is 170 Å². The van der Waals surface area contributed by atoms with E-state index in [4.69, 9.17) is 33.0 Å². The molecule has 1 saturated carbocycles. The van der Waals surface area contributed by atoms with Crippen LogP contribution in [-0.4, -0.2) is 95.8 Å². The Bertz CT molecular complexity index is 3770. The molecule has 12 rings (SSSR count). The number of hydrogen-bond acceptors (Lipinski definition) is 10. The molecule has 1 fully saturated rings. The monoisotopic (exact) mass is 1520 g/mol. The SMILES string of the molecule is C.C=S(C)(=O)c1ccc(C)cc1.CCc1ccc(C)cc1.CCc1ccc(OC)cc1.CCc1ccc(OC)cc1.COC1CCC(C)CC1.COc1ccc(C)cc1.COc1ccc(C)cc1C.CSc1ccc(C)cc1.Cc1ccc(N(C)C)cc1.Cc1ccc([S+](C)O)cc1.Cc1ccc2c(c1)CCO2. The molecule has 0 spiro atoms. The van der Waals surface area contributed by atoms with Crippen LogP contribution in [0.25, 0.3) is 0 Å². The lowest BCUT2D eigenvalue weighted by Crippen LogP contribution is -2.18. The van der Waals surface area contributed by atoms with Gasteiger partial charge in [-0.15, -0.1) is 11.8 Å². The minimum Gasteiger partial charge on any atom is -0.497 e. The maximum Gasteiger partial charge on any atom is 0.189 e. The fraction of sp³-hybridized carbons (Fsp3) is 0.365. The van der Waals surface area contributed by atoms with Crippen LogP contribution in [0, 0.1) is 68.2 Å². The molecule has 1 heterocycles. The van der Waals surface area contributed by atoms with Gasteiger partial charge in [-0.2, -0.15) is 4.55 Å². The van der Waals surface area contributed by atoms with Crippen LogP contribution in [0.15, 0.2) is 245 Å². The molecule has 12 heteroatoms. The molecule has 0 saturated heterocycles. The Morgan fingerprint density at radius 1 is 0.491 bits per heavy atom. The summed E-state index contributed by atoms with van der Waals surface area (Å²) in [5.41, 5.74) is 18.2. The summed E-state index contributed by atoms with van der Waals surface area (Å²) in [5, 5.41) is 0. The number of benzene rings is 10. The van der Waals surface area contributed by atoms with E-state index in [-0.39, 0.29) is 7.43 Å². The number of ether oxygens (including phenoxy) is 6. The summed E-state index contributed by atoms with van der Waals surface area (Å²) >= 11 is 1.19. The van der Waals surface area contributed by atoms with Crippen LogP contribution < -0.4 is 28.6 Å². The van der Waals surface area contributed by atoms with Crippen LogP contribution in [0.3, 0.4) is 0 Å². The molecule has 0 radical (unpaired) electrons. The van der Waals surface area contributed by atoms with E-state index in [2.05, 4.69) is 208 Å². The number of anilines is 1. The van der Waals surface area contributed by atoms with Crippen molar-refractivity contribution in [2.24, 2.45) is 5.92 Å². The van der Waals surface area contributed by atoms with Crippen molar-refractivity contribution in [2.75, 3.05) is 79.9 Å². The van der Waals surface area contributed by atoms with E-state index in [0.29, 0.717) is 6.10 Å². The highest BCUT2D eigenvalue weighted by molar-refractivity contribution is 7.99. The second-order valence-electron chi connectivity index (χ2n) is 26.9. The maximum atomic E-state index is 11.4. The van der Waals surface area contributed by atoms with Gasteiger partial charge in [-0.25, -0.2) is 0 Å². The zero-order valence-electron chi connectivity index (χ0n) is 69.1. The Kier molecular flexibility index (Phi) is 50.6. The first kappa shape index (κ1) is 97.7. The van der Waals surface area contributed by atoms with Gasteiger partial charge in [0.05, 0.1) is 41.2 Å². The largest absolute Gasteiger partial charge is 0.497 e. The van der Waals surface area contributed by atoms with Crippen molar-refractivity contribution in [1.82, 2.24) is 0 Å². The second kappa shape index (κ2) is 56.0. The fourth-order valence-electron chi connectivity index (χ4n) is 10.1. The Morgan fingerprint density at radius 3 is 1.20 bits per heavy atom. The predicted molar refractivity (Wildman–Crippen MR) is 475 cm³/mol. The number of rotatable bonds is 12. The van der Waals surface area contributed by atoms with E-state index in [1.165, 1.54) is 109 Å². The van der Waals surface area contributed by atoms with Gasteiger partial charge in [0.15, 0.2) is 16.1 Å². The highest BCUT2D eigenvalue weighted by atomic mass is 32.2. The molecule has 0 bridgehead atoms. The van der Waals surface area contributed by atoms with Gasteiger partial charge in [0.2, 0.25) is 0 Å². The molecule has 2 atom stereocenters. The molecule has 2 aliphatic rings. The quantitative estimate of drug-likeness (QED) is 0.0724. The van der Waals surface area contributed by atoms with Crippen LogP contribution in [-0.2, 0) is 51.1 Å². The molecule has 588 valence electrons. The molecule has 1 aliphatic carbocycles. The second-order valence-corrected chi connectivity index (χ2v) is 31.7. The predicted octanol–water partition coefficient (Wildman–Crippen LogP) is 24.7. The Hall–Kier alpha value is -8.36. The molecular formula is C96H134NO8S3+. The van der Waals surface area contributed by atoms with Crippen molar-refractivity contribution >= 4 is 44.0 Å². The summed E-state index contributed by atoms with van der Waals surface area (Å²) in [6.45, 7) is 28.3. The van der Waals surface area contributed by atoms with Crippen LogP contribution in [0.4, 0.5) is 5.69 Å². The van der Waals surface area contributed by atoms with Gasteiger partial charge in [0.1, 0.15) is 35.0 Å². The third-order valence-electron chi connectivity index (χ3n) is 17.3. The molecule has 2 unspecified atom stereocenters. The van der Waals surface area contributed by atoms with Gasteiger partial charge >= 0.3 is 0 Å². The highest BCUT2D eigenvalue weighted by Gasteiger charge is 2.17. The number of hydrogen-bond donors (Lipinski definition) is 1. The molecule has 1 N–H and O–H groups in total. The summed E-state index contributed by atoms with van der Waals surface area (Å²) in [7, 11) is 10.6. The van der Waals surface area contributed by atoms with Gasteiger partial charge in [-0.05, 0) is 260 Å². The molecular weight excluding hydrogens is 1390 g/mol. The zero-order valence-corrected chi connectivity index (χ0v) is 71.6. The van der Waals surface area contributed by atoms with Crippen molar-refractivity contribution in [3.05, 3.63) is 303 Å². The van der Waals surface area contributed by atoms with Crippen LogP contribution in [0.1, 0.15) is 133 Å². The van der Waals surface area contributed by atoms with Crippen molar-refractivity contribution in [1.29, 1.82) is 0 Å². The van der Waals surface area contributed by atoms with Gasteiger partial charge in [0.25, 0.3) is 0 Å². The van der Waals surface area contributed by atoms with Crippen LogP contribution in [0.2, 0.25) is 0 Å². The van der Waals surface area contributed by atoms with Gasteiger partial charge in [-0.1, -0.05) is 213 Å². The third-order valence-corrected chi connectivity index (χ3v) is 20.3. The minimum atomic E-state index is -2.02. The standard InChI is InChI=1S/C9H13N.C9H12OS.C9H10O.3C9H12O.C9H12.C8H11OS.C8H16O.C8H10O.C8H10S.CH4/c1-8-4-6-9(7-5-8)10(2)3;1-8-4-6-9(7-5-8)11(2,3)10;1-7-2-3-9-8(6-7)4-5-10-9;1-7-4-5-9(10-3)8(2)6-7;2*1-3-8-4-6-9(10-2)7-5-8;1-3-9-6-4-8(2)5-7-9;1-7-3-5-8(6-4-7)10(2)9;3*1-7-3-5-8(9-2)6-4-7;/h4-7H,1-3H3;4-7H,2H2,1,3H3;2-3,6H,4-5H2,1H3;4-6H,1-3H3;2*4-7H,3H2,1-2H3;4-7H,3H2,1-2H3;3-6,9H,1-2H3;7-8H,3-6H2,1-2H3;2*3-6H,1-2H3;1H4/q;;;;;;;+1;;;;. The van der Waals surface area contributed by atoms with E-state index in [0.717, 1.165) is 76.7 Å². The van der Waals surface area contributed by atoms with E-state index in [1.54, 1.807) is 52.7 Å². The number of methoxy groups -OCH3 is 5. The lowest BCUT2D eigenvalue weighted by Gasteiger charge is -2.24. The molecule has 9 nitrogen and oxygen atoms in total. The van der Waals surface area contributed by atoms with Crippen LogP contribution in [0.5, 0.6) is 28.7 Å². The first-order valence-corrected chi connectivity index (χ1v) is 41.9. The van der Waals surface area contributed by atoms with E-state index in [1.807, 2.05) is 151 Å². The number of thioether (sulfide) groups is 1. The topological polar surface area (TPSA) is 95.9 Å². The fourth-order valence-corrected chi connectivity index (χ4v) is 11.8. The molecule has 0 aromatic heterocycles. The Labute approximate surface area is 663 Å². The van der Waals surface area contributed by atoms with E-state index < -0.39 is 20.7 Å². The number of nitrogens with zero attached hydrogens (tertiary/aromatic N) is 1. The lowest BCUT2D eigenvalue weighted by atomic mass is 9.89. The third kappa shape index (κ3) is 43.0. The normalized spacial score (nSPS) is 13.1. The summed E-state index contributed by atoms with van der Waals surface area (Å²) in [6, 6.07) is 77.9. The van der Waals surface area contributed by atoms with Crippen molar-refractivity contribution in [3.8, 4) is 28.7 Å². The summed E-state index contributed by atoms with van der Waals surface area (Å²) in [5.74, 6) is 9.35. The van der Waals surface area contributed by atoms with Crippen molar-refractivity contribution < 1.29 is 37.2 Å². The van der Waals surface area contributed by atoms with Gasteiger partial charge in [-0.3, -0.25) is 4.21 Å². The molecule has 0 amide bonds. The van der Waals surface area contributed by atoms with Gasteiger partial charge < -0.3 is 33.3 Å². The Morgan fingerprint density at radius 2 is 0.843 bits per heavy atom. The summed E-state index contributed by atoms with van der Waals surface area (Å²) < 4.78 is 51.2. The van der Waals surface area contributed by atoms with Crippen LogP contribution >= 0.6 is 11.8 Å². The first-order chi connectivity index (χ1) is 51.0. The summed E-state index contributed by atoms with van der Waals surface area (Å²) in [6.07, 6.45) is 15.8.